The summed E-state index contributed by atoms with van der Waals surface area (Å²) in [5.41, 5.74) is -2.58. The molecule has 6 rings (SSSR count). The number of aromatic nitrogens is 3. The second-order valence-electron chi connectivity index (χ2n) is 13.1. The number of hydrogen-bond donors (Lipinski definition) is 3. The van der Waals surface area contributed by atoms with Gasteiger partial charge in [-0.3, -0.25) is 14.3 Å². The van der Waals surface area contributed by atoms with Gasteiger partial charge in [-0.1, -0.05) is 25.0 Å². The number of hydrogen-bond acceptors (Lipinski definition) is 5. The summed E-state index contributed by atoms with van der Waals surface area (Å²) in [6, 6.07) is 9.43. The van der Waals surface area contributed by atoms with Crippen LogP contribution in [0.25, 0.3) is 11.1 Å². The Balaban J connectivity index is 1.48. The Hall–Kier alpha value is -5.23. The fourth-order valence-corrected chi connectivity index (χ4v) is 6.55. The lowest BCUT2D eigenvalue weighted by molar-refractivity contribution is -0.142. The molecule has 1 aliphatic heterocycles. The second kappa shape index (κ2) is 12.8. The molecule has 3 heterocycles. The zero-order valence-corrected chi connectivity index (χ0v) is 27.4. The van der Waals surface area contributed by atoms with Gasteiger partial charge in [0.25, 0.3) is 11.8 Å². The van der Waals surface area contributed by atoms with Gasteiger partial charge in [0.05, 0.1) is 11.7 Å². The molecule has 0 saturated carbocycles. The Morgan fingerprint density at radius 2 is 1.78 bits per heavy atom. The average Bonchev–Trinajstić information content (AvgIpc) is 3.67. The van der Waals surface area contributed by atoms with E-state index in [1.165, 1.54) is 26.8 Å². The summed E-state index contributed by atoms with van der Waals surface area (Å²) >= 11 is 0. The molecule has 0 saturated heterocycles. The minimum Gasteiger partial charge on any atom is -0.378 e. The van der Waals surface area contributed by atoms with Crippen LogP contribution in [-0.4, -0.2) is 37.3 Å². The number of halogens is 7. The molecule has 0 radical (unpaired) electrons. The van der Waals surface area contributed by atoms with E-state index < -0.39 is 77.1 Å². The molecule has 3 N–H and O–H groups in total. The van der Waals surface area contributed by atoms with Crippen molar-refractivity contribution in [3.63, 3.8) is 0 Å². The van der Waals surface area contributed by atoms with Crippen molar-refractivity contribution in [1.29, 1.82) is 0 Å². The molecule has 0 fully saturated rings. The van der Waals surface area contributed by atoms with Crippen molar-refractivity contribution in [1.82, 2.24) is 25.4 Å². The summed E-state index contributed by atoms with van der Waals surface area (Å²) < 4.78 is 101. The number of carbonyl (C=O) groups excluding carboxylic acids is 2. The lowest BCUT2D eigenvalue weighted by Crippen LogP contribution is -2.35. The molecule has 2 aromatic carbocycles. The molecule has 266 valence electrons. The highest BCUT2D eigenvalue weighted by molar-refractivity contribution is 6.00. The highest BCUT2D eigenvalue weighted by atomic mass is 19.4. The van der Waals surface area contributed by atoms with Gasteiger partial charge < -0.3 is 15.7 Å². The number of benzene rings is 2. The largest absolute Gasteiger partial charge is 0.435 e. The molecule has 2 aliphatic rings. The van der Waals surface area contributed by atoms with Crippen LogP contribution < -0.4 is 10.6 Å². The van der Waals surface area contributed by atoms with E-state index in [0.29, 0.717) is 33.0 Å². The van der Waals surface area contributed by atoms with E-state index in [-0.39, 0.29) is 35.8 Å². The van der Waals surface area contributed by atoms with Crippen LogP contribution >= 0.6 is 0 Å². The number of pyridine rings is 1. The van der Waals surface area contributed by atoms with E-state index in [9.17, 15) is 36.6 Å². The lowest BCUT2D eigenvalue weighted by Gasteiger charge is -2.23. The molecule has 15 heteroatoms. The molecule has 8 nitrogen and oxygen atoms in total. The first kappa shape index (κ1) is 35.6. The standard InChI is InChI=1S/C36H30F7N5O3/c1-18-15-35(39,40)32-29(18)31(36(41,42)43)47-48(32)17-28(49)46-27(13-19-11-20(37)14-21(38)12-19)30-24(8-7-22(45-30)9-10-34(2,3)51)23-5-4-6-25-26(23)16-44-33(25)50/h4-8,11-12,14,18,27,51H,13,15-17H2,1-3H3,(H,44,50)(H,46,49)/t18-,27?/m0/s1. The molecule has 2 amide bonds. The third-order valence-electron chi connectivity index (χ3n) is 8.54. The van der Waals surface area contributed by atoms with Crippen LogP contribution in [-0.2, 0) is 36.4 Å². The summed E-state index contributed by atoms with van der Waals surface area (Å²) in [7, 11) is 0. The quantitative estimate of drug-likeness (QED) is 0.154. The maximum Gasteiger partial charge on any atom is 0.435 e. The highest BCUT2D eigenvalue weighted by Gasteiger charge is 2.53. The van der Waals surface area contributed by atoms with Crippen LogP contribution in [0.2, 0.25) is 0 Å². The number of fused-ring (bicyclic) bond motifs is 2. The maximum absolute atomic E-state index is 15.1. The van der Waals surface area contributed by atoms with Crippen molar-refractivity contribution in [3.8, 4) is 23.0 Å². The molecule has 2 aromatic heterocycles. The number of nitrogens with zero attached hydrogens (tertiary/aromatic N) is 3. The molecule has 4 aromatic rings. The average molecular weight is 714 g/mol. The number of nitrogens with one attached hydrogen (secondary N) is 2. The van der Waals surface area contributed by atoms with Crippen molar-refractivity contribution >= 4 is 11.8 Å². The Bertz CT molecular complexity index is 2110. The van der Waals surface area contributed by atoms with Crippen LogP contribution in [0, 0.1) is 23.5 Å². The summed E-state index contributed by atoms with van der Waals surface area (Å²) in [4.78, 5) is 30.9. The highest BCUT2D eigenvalue weighted by Crippen LogP contribution is 2.52. The van der Waals surface area contributed by atoms with Gasteiger partial charge in [0.15, 0.2) is 5.69 Å². The second-order valence-corrected chi connectivity index (χ2v) is 13.1. The smallest absolute Gasteiger partial charge is 0.378 e. The number of alkyl halides is 5. The molecule has 0 bridgehead atoms. The van der Waals surface area contributed by atoms with Crippen molar-refractivity contribution < 1.29 is 45.4 Å². The maximum atomic E-state index is 15.1. The van der Waals surface area contributed by atoms with E-state index in [1.807, 2.05) is 0 Å². The molecule has 51 heavy (non-hydrogen) atoms. The fourth-order valence-electron chi connectivity index (χ4n) is 6.55. The molecule has 1 aliphatic carbocycles. The zero-order valence-electron chi connectivity index (χ0n) is 27.4. The van der Waals surface area contributed by atoms with Crippen LogP contribution in [0.3, 0.4) is 0 Å². The lowest BCUT2D eigenvalue weighted by atomic mass is 9.91. The van der Waals surface area contributed by atoms with Crippen LogP contribution in [0.15, 0.2) is 48.5 Å². The van der Waals surface area contributed by atoms with E-state index in [2.05, 4.69) is 32.6 Å². The molecule has 0 spiro atoms. The number of amides is 2. The van der Waals surface area contributed by atoms with Crippen LogP contribution in [0.4, 0.5) is 30.7 Å². The van der Waals surface area contributed by atoms with E-state index in [1.54, 1.807) is 24.3 Å². The van der Waals surface area contributed by atoms with Crippen molar-refractivity contribution in [2.24, 2.45) is 0 Å². The zero-order chi connectivity index (χ0) is 37.0. The van der Waals surface area contributed by atoms with Crippen molar-refractivity contribution in [2.75, 3.05) is 0 Å². The number of carbonyl (C=O) groups is 2. The summed E-state index contributed by atoms with van der Waals surface area (Å²) in [6.45, 7) is 3.19. The number of rotatable bonds is 7. The first-order chi connectivity index (χ1) is 23.8. The van der Waals surface area contributed by atoms with Gasteiger partial charge in [-0.2, -0.15) is 27.1 Å². The first-order valence-electron chi connectivity index (χ1n) is 15.8. The number of aliphatic hydroxyl groups is 1. The molecular weight excluding hydrogens is 683 g/mol. The third-order valence-corrected chi connectivity index (χ3v) is 8.54. The fraction of sp³-hybridized carbons (Fsp3) is 0.333. The summed E-state index contributed by atoms with van der Waals surface area (Å²) in [5, 5.41) is 19.0. The third kappa shape index (κ3) is 7.32. The van der Waals surface area contributed by atoms with E-state index in [4.69, 9.17) is 0 Å². The van der Waals surface area contributed by atoms with Crippen molar-refractivity contribution in [2.45, 2.75) is 76.4 Å². The minimum absolute atomic E-state index is 0.0494. The summed E-state index contributed by atoms with van der Waals surface area (Å²) in [5.74, 6) is -2.77. The van der Waals surface area contributed by atoms with E-state index in [0.717, 1.165) is 12.1 Å². The van der Waals surface area contributed by atoms with Gasteiger partial charge in [0, 0.05) is 35.7 Å². The van der Waals surface area contributed by atoms with Crippen LogP contribution in [0.1, 0.15) is 89.0 Å². The Morgan fingerprint density at radius 1 is 1.10 bits per heavy atom. The molecular formula is C36H30F7N5O3. The van der Waals surface area contributed by atoms with E-state index >= 15 is 8.78 Å². The normalized spacial score (nSPS) is 16.9. The Kier molecular flexibility index (Phi) is 8.95. The van der Waals surface area contributed by atoms with Crippen LogP contribution in [0.5, 0.6) is 0 Å². The van der Waals surface area contributed by atoms with Gasteiger partial charge in [0.2, 0.25) is 5.91 Å². The van der Waals surface area contributed by atoms with Gasteiger partial charge in [-0.25, -0.2) is 13.8 Å². The predicted octanol–water partition coefficient (Wildman–Crippen LogP) is 6.31. The first-order valence-corrected chi connectivity index (χ1v) is 15.8. The van der Waals surface area contributed by atoms with Gasteiger partial charge >= 0.3 is 6.18 Å². The Morgan fingerprint density at radius 3 is 2.45 bits per heavy atom. The topological polar surface area (TPSA) is 109 Å². The van der Waals surface area contributed by atoms with Gasteiger partial charge in [0.1, 0.15) is 35.2 Å². The minimum atomic E-state index is -5.07. The molecule has 2 atom stereocenters. The summed E-state index contributed by atoms with van der Waals surface area (Å²) in [6.07, 6.45) is -6.30. The molecule has 1 unspecified atom stereocenters. The Labute approximate surface area is 287 Å². The monoisotopic (exact) mass is 713 g/mol. The SMILES string of the molecule is C[C@H]1CC(F)(F)c2c1c(C(F)(F)F)nn2CC(=O)NC(Cc1cc(F)cc(F)c1)c1nc(C#CC(C)(C)O)ccc1-c1cccc2c1CNC2=O. The van der Waals surface area contributed by atoms with Crippen molar-refractivity contribution in [3.05, 3.63) is 105 Å². The van der Waals surface area contributed by atoms with Gasteiger partial charge in [-0.15, -0.1) is 0 Å². The predicted molar refractivity (Wildman–Crippen MR) is 169 cm³/mol. The van der Waals surface area contributed by atoms with Gasteiger partial charge in [-0.05, 0) is 79.1 Å².